The lowest BCUT2D eigenvalue weighted by Crippen LogP contribution is -2.51. The van der Waals surface area contributed by atoms with E-state index in [0.717, 1.165) is 54.5 Å². The number of hydrogen-bond donors (Lipinski definition) is 3. The lowest BCUT2D eigenvalue weighted by atomic mass is 10.0. The highest BCUT2D eigenvalue weighted by molar-refractivity contribution is 6.04. The number of benzene rings is 2. The Morgan fingerprint density at radius 1 is 0.949 bits per heavy atom. The summed E-state index contributed by atoms with van der Waals surface area (Å²) in [4.78, 5) is 50.4. The van der Waals surface area contributed by atoms with Crippen molar-refractivity contribution in [1.29, 1.82) is 0 Å². The van der Waals surface area contributed by atoms with Crippen molar-refractivity contribution in [2.24, 2.45) is 11.5 Å². The molecule has 0 unspecified atom stereocenters. The number of para-hydroxylation sites is 1. The number of carbonyl (C=O) groups is 4. The van der Waals surface area contributed by atoms with Crippen molar-refractivity contribution in [2.75, 3.05) is 11.5 Å². The second-order valence-electron chi connectivity index (χ2n) is 10.5. The number of unbranched alkanes of at least 4 members (excludes halogenated alkanes) is 1. The number of hydrogen-bond acceptors (Lipinski definition) is 5. The van der Waals surface area contributed by atoms with Crippen molar-refractivity contribution in [3.05, 3.63) is 64.7 Å². The molecule has 2 atom stereocenters. The minimum Gasteiger partial charge on any atom is -0.375 e. The van der Waals surface area contributed by atoms with Gasteiger partial charge in [0.15, 0.2) is 0 Å². The van der Waals surface area contributed by atoms with E-state index in [1.54, 1.807) is 4.90 Å². The summed E-state index contributed by atoms with van der Waals surface area (Å²) in [7, 11) is 0. The Hall–Kier alpha value is -3.72. The third kappa shape index (κ3) is 7.66. The molecular formula is C30H38N4O5. The Kier molecular flexibility index (Phi) is 9.70. The molecular weight excluding hydrogens is 496 g/mol. The smallest absolute Gasteiger partial charge is 0.243 e. The average molecular weight is 535 g/mol. The molecule has 2 aliphatic rings. The van der Waals surface area contributed by atoms with Gasteiger partial charge in [-0.25, -0.2) is 0 Å². The fraction of sp³-hybridized carbons (Fsp3) is 0.467. The van der Waals surface area contributed by atoms with Crippen LogP contribution >= 0.6 is 0 Å². The second-order valence-corrected chi connectivity index (χ2v) is 10.5. The van der Waals surface area contributed by atoms with Crippen molar-refractivity contribution < 1.29 is 23.9 Å². The summed E-state index contributed by atoms with van der Waals surface area (Å²) < 4.78 is 5.93. The Morgan fingerprint density at radius 3 is 2.41 bits per heavy atom. The van der Waals surface area contributed by atoms with E-state index < -0.39 is 18.0 Å². The third-order valence-electron chi connectivity index (χ3n) is 7.41. The van der Waals surface area contributed by atoms with Gasteiger partial charge in [-0.05, 0) is 60.8 Å². The Balaban J connectivity index is 1.33. The molecule has 0 radical (unpaired) electrons. The molecule has 39 heavy (non-hydrogen) atoms. The van der Waals surface area contributed by atoms with Gasteiger partial charge < -0.3 is 21.5 Å². The number of nitrogens with zero attached hydrogens (tertiary/aromatic N) is 1. The van der Waals surface area contributed by atoms with Crippen molar-refractivity contribution in [3.63, 3.8) is 0 Å². The summed E-state index contributed by atoms with van der Waals surface area (Å²) in [5, 5.41) is 3.03. The van der Waals surface area contributed by atoms with Gasteiger partial charge in [0.25, 0.3) is 0 Å². The number of rotatable bonds is 14. The van der Waals surface area contributed by atoms with E-state index in [0.29, 0.717) is 32.3 Å². The normalized spacial score (nSPS) is 16.9. The fourth-order valence-electron chi connectivity index (χ4n) is 5.40. The highest BCUT2D eigenvalue weighted by Crippen LogP contribution is 2.38. The standard InChI is InChI=1S/C30H38N4O5/c31-26(35)9-2-1-5-20-11-13-21(14-12-20)18-39-19-24(15-16-27(32)36)33-30(38)25-17-23-8-3-6-22-7-4-10-28(37)34(25)29(22)23/h3,6,8,11-14,24-25H,1-2,4-5,7,9-10,15-19H2,(H2,31,35)(H2,32,36)(H,33,38)/t24-,25-/m0/s1. The lowest BCUT2D eigenvalue weighted by molar-refractivity contribution is -0.127. The molecule has 9 nitrogen and oxygen atoms in total. The first-order chi connectivity index (χ1) is 18.8. The molecule has 2 aliphatic heterocycles. The van der Waals surface area contributed by atoms with Crippen LogP contribution in [0.4, 0.5) is 5.69 Å². The molecule has 208 valence electrons. The molecule has 4 amide bonds. The van der Waals surface area contributed by atoms with Crippen molar-refractivity contribution >= 4 is 29.3 Å². The molecule has 2 aromatic carbocycles. The predicted molar refractivity (Wildman–Crippen MR) is 148 cm³/mol. The number of ether oxygens (including phenoxy) is 1. The van der Waals surface area contributed by atoms with Crippen LogP contribution in [0.3, 0.4) is 0 Å². The average Bonchev–Trinajstić information content (AvgIpc) is 3.22. The molecule has 5 N–H and O–H groups in total. The molecule has 4 rings (SSSR count). The molecule has 0 saturated carbocycles. The van der Waals surface area contributed by atoms with Gasteiger partial charge >= 0.3 is 0 Å². The molecule has 9 heteroatoms. The van der Waals surface area contributed by atoms with Crippen LogP contribution in [0.5, 0.6) is 0 Å². The minimum absolute atomic E-state index is 0.0277. The predicted octanol–water partition coefficient (Wildman–Crippen LogP) is 2.45. The number of amides is 4. The van der Waals surface area contributed by atoms with E-state index in [4.69, 9.17) is 16.2 Å². The summed E-state index contributed by atoms with van der Waals surface area (Å²) in [6, 6.07) is 13.1. The molecule has 0 bridgehead atoms. The maximum Gasteiger partial charge on any atom is 0.243 e. The molecule has 2 aromatic rings. The van der Waals surface area contributed by atoms with Gasteiger partial charge in [-0.3, -0.25) is 24.1 Å². The van der Waals surface area contributed by atoms with Crippen LogP contribution < -0.4 is 21.7 Å². The van der Waals surface area contributed by atoms with Gasteiger partial charge in [-0.15, -0.1) is 0 Å². The van der Waals surface area contributed by atoms with Gasteiger partial charge in [0.1, 0.15) is 6.04 Å². The van der Waals surface area contributed by atoms with Gasteiger partial charge in [-0.1, -0.05) is 42.5 Å². The van der Waals surface area contributed by atoms with E-state index >= 15 is 0 Å². The summed E-state index contributed by atoms with van der Waals surface area (Å²) in [6.45, 7) is 0.570. The highest BCUT2D eigenvalue weighted by atomic mass is 16.5. The number of aryl methyl sites for hydroxylation is 2. The minimum atomic E-state index is -0.613. The maximum atomic E-state index is 13.4. The van der Waals surface area contributed by atoms with Crippen LogP contribution in [0, 0.1) is 0 Å². The summed E-state index contributed by atoms with van der Waals surface area (Å²) in [5.74, 6) is -0.988. The van der Waals surface area contributed by atoms with Crippen LogP contribution in [0.15, 0.2) is 42.5 Å². The Morgan fingerprint density at radius 2 is 1.67 bits per heavy atom. The van der Waals surface area contributed by atoms with Crippen LogP contribution in [0.1, 0.15) is 67.2 Å². The zero-order valence-electron chi connectivity index (χ0n) is 22.3. The van der Waals surface area contributed by atoms with Crippen molar-refractivity contribution in [2.45, 2.75) is 82.9 Å². The van der Waals surface area contributed by atoms with Gasteiger partial charge in [0.2, 0.25) is 23.6 Å². The van der Waals surface area contributed by atoms with Crippen LogP contribution in [0.2, 0.25) is 0 Å². The molecule has 0 saturated heterocycles. The van der Waals surface area contributed by atoms with Gasteiger partial charge in [-0.2, -0.15) is 0 Å². The van der Waals surface area contributed by atoms with E-state index in [1.807, 2.05) is 42.5 Å². The number of primary amides is 2. The molecule has 0 fully saturated rings. The van der Waals surface area contributed by atoms with Crippen molar-refractivity contribution in [1.82, 2.24) is 5.32 Å². The van der Waals surface area contributed by atoms with E-state index in [1.165, 1.54) is 5.56 Å². The number of nitrogens with two attached hydrogens (primary N) is 2. The quantitative estimate of drug-likeness (QED) is 0.319. The maximum absolute atomic E-state index is 13.4. The van der Waals surface area contributed by atoms with Gasteiger partial charge in [0.05, 0.1) is 24.9 Å². The summed E-state index contributed by atoms with van der Waals surface area (Å²) >= 11 is 0. The number of carbonyl (C=O) groups excluding carboxylic acids is 4. The zero-order chi connectivity index (χ0) is 27.8. The molecule has 2 heterocycles. The van der Waals surface area contributed by atoms with Crippen LogP contribution in [-0.4, -0.2) is 42.3 Å². The third-order valence-corrected chi connectivity index (χ3v) is 7.41. The fourth-order valence-corrected chi connectivity index (χ4v) is 5.40. The first-order valence-electron chi connectivity index (χ1n) is 13.8. The topological polar surface area (TPSA) is 145 Å². The van der Waals surface area contributed by atoms with Crippen LogP contribution in [-0.2, 0) is 49.8 Å². The van der Waals surface area contributed by atoms with Crippen molar-refractivity contribution in [3.8, 4) is 0 Å². The SMILES string of the molecule is NC(=O)CCCCc1ccc(COC[C@H](CCC(N)=O)NC(=O)[C@@H]2Cc3cccc4c3N2C(=O)CCC4)cc1. The van der Waals surface area contributed by atoms with E-state index in [2.05, 4.69) is 5.32 Å². The van der Waals surface area contributed by atoms with E-state index in [9.17, 15) is 19.2 Å². The summed E-state index contributed by atoms with van der Waals surface area (Å²) in [5.41, 5.74) is 15.8. The summed E-state index contributed by atoms with van der Waals surface area (Å²) in [6.07, 6.45) is 5.91. The molecule has 0 aromatic heterocycles. The molecule has 0 aliphatic carbocycles. The number of anilines is 1. The monoisotopic (exact) mass is 534 g/mol. The highest BCUT2D eigenvalue weighted by Gasteiger charge is 2.40. The Bertz CT molecular complexity index is 1200. The first-order valence-corrected chi connectivity index (χ1v) is 13.8. The van der Waals surface area contributed by atoms with Crippen LogP contribution in [0.25, 0.3) is 0 Å². The zero-order valence-corrected chi connectivity index (χ0v) is 22.3. The van der Waals surface area contributed by atoms with E-state index in [-0.39, 0.29) is 30.7 Å². The Labute approximate surface area is 229 Å². The second kappa shape index (κ2) is 13.4. The van der Waals surface area contributed by atoms with Gasteiger partial charge in [0, 0.05) is 25.7 Å². The number of nitrogens with one attached hydrogen (secondary N) is 1. The lowest BCUT2D eigenvalue weighted by Gasteiger charge is -2.27. The largest absolute Gasteiger partial charge is 0.375 e. The molecule has 0 spiro atoms. The first kappa shape index (κ1) is 28.3.